The number of rotatable bonds is 8. The Morgan fingerprint density at radius 3 is 3.07 bits per heavy atom. The van der Waals surface area contributed by atoms with Gasteiger partial charge in [0.1, 0.15) is 0 Å². The van der Waals surface area contributed by atoms with Crippen molar-refractivity contribution in [3.8, 4) is 0 Å². The Hall–Kier alpha value is -0.420. The van der Waals surface area contributed by atoms with Gasteiger partial charge in [-0.3, -0.25) is 0 Å². The van der Waals surface area contributed by atoms with Crippen molar-refractivity contribution in [1.29, 1.82) is 0 Å². The molecule has 1 aromatic heterocycles. The average molecular weight is 229 g/mol. The SMILES string of the molecule is COCCCCNCC(O)c1ccsc1. The van der Waals surface area contributed by atoms with Crippen LogP contribution in [0.5, 0.6) is 0 Å². The Bertz CT molecular complexity index is 239. The molecule has 0 spiro atoms. The Morgan fingerprint density at radius 1 is 1.53 bits per heavy atom. The molecule has 4 heteroatoms. The lowest BCUT2D eigenvalue weighted by molar-refractivity contribution is 0.172. The molecule has 0 saturated carbocycles. The fraction of sp³-hybridized carbons (Fsp3) is 0.636. The van der Waals surface area contributed by atoms with Crippen LogP contribution in [-0.2, 0) is 4.74 Å². The van der Waals surface area contributed by atoms with E-state index in [1.54, 1.807) is 18.4 Å². The summed E-state index contributed by atoms with van der Waals surface area (Å²) in [5.41, 5.74) is 1.00. The molecule has 2 N–H and O–H groups in total. The summed E-state index contributed by atoms with van der Waals surface area (Å²) >= 11 is 1.61. The molecule has 0 aliphatic heterocycles. The zero-order valence-electron chi connectivity index (χ0n) is 9.11. The molecule has 0 aliphatic carbocycles. The van der Waals surface area contributed by atoms with E-state index >= 15 is 0 Å². The van der Waals surface area contributed by atoms with Crippen molar-refractivity contribution in [3.05, 3.63) is 22.4 Å². The number of hydrogen-bond donors (Lipinski definition) is 2. The van der Waals surface area contributed by atoms with Gasteiger partial charge in [0.2, 0.25) is 0 Å². The predicted octanol–water partition coefficient (Wildman–Crippen LogP) is 1.80. The second-order valence-corrected chi connectivity index (χ2v) is 4.26. The number of aliphatic hydroxyl groups excluding tert-OH is 1. The number of nitrogens with one attached hydrogen (secondary N) is 1. The number of ether oxygens (including phenoxy) is 1. The van der Waals surface area contributed by atoms with Crippen LogP contribution in [0.1, 0.15) is 24.5 Å². The molecule has 1 heterocycles. The van der Waals surface area contributed by atoms with Crippen LogP contribution in [0, 0.1) is 0 Å². The standard InChI is InChI=1S/C11H19NO2S/c1-14-6-3-2-5-12-8-11(13)10-4-7-15-9-10/h4,7,9,11-13H,2-3,5-6,8H2,1H3. The summed E-state index contributed by atoms with van der Waals surface area (Å²) in [7, 11) is 1.72. The van der Waals surface area contributed by atoms with E-state index in [0.717, 1.165) is 31.6 Å². The summed E-state index contributed by atoms with van der Waals surface area (Å²) < 4.78 is 4.95. The molecule has 0 amide bonds. The molecule has 0 radical (unpaired) electrons. The van der Waals surface area contributed by atoms with Crippen LogP contribution in [-0.4, -0.2) is 31.9 Å². The smallest absolute Gasteiger partial charge is 0.0922 e. The first kappa shape index (κ1) is 12.6. The summed E-state index contributed by atoms with van der Waals surface area (Å²) in [5, 5.41) is 16.9. The molecular weight excluding hydrogens is 210 g/mol. The van der Waals surface area contributed by atoms with Gasteiger partial charge in [-0.1, -0.05) is 0 Å². The van der Waals surface area contributed by atoms with Gasteiger partial charge in [0.05, 0.1) is 6.10 Å². The lowest BCUT2D eigenvalue weighted by atomic mass is 10.2. The molecule has 0 fully saturated rings. The molecule has 0 saturated heterocycles. The minimum Gasteiger partial charge on any atom is -0.387 e. The first-order valence-electron chi connectivity index (χ1n) is 5.24. The van der Waals surface area contributed by atoms with Gasteiger partial charge < -0.3 is 15.2 Å². The van der Waals surface area contributed by atoms with Gasteiger partial charge in [0.25, 0.3) is 0 Å². The normalized spacial score (nSPS) is 12.9. The van der Waals surface area contributed by atoms with E-state index in [-0.39, 0.29) is 6.10 Å². The summed E-state index contributed by atoms with van der Waals surface area (Å²) in [4.78, 5) is 0. The van der Waals surface area contributed by atoms with Gasteiger partial charge in [-0.15, -0.1) is 0 Å². The third-order valence-electron chi connectivity index (χ3n) is 2.22. The molecule has 0 aromatic carbocycles. The van der Waals surface area contributed by atoms with Gasteiger partial charge >= 0.3 is 0 Å². The highest BCUT2D eigenvalue weighted by Crippen LogP contribution is 2.14. The Labute approximate surface area is 95.1 Å². The monoisotopic (exact) mass is 229 g/mol. The number of thiophene rings is 1. The van der Waals surface area contributed by atoms with E-state index in [4.69, 9.17) is 4.74 Å². The van der Waals surface area contributed by atoms with Crippen molar-refractivity contribution in [2.75, 3.05) is 26.8 Å². The molecule has 1 aromatic rings. The molecule has 1 unspecified atom stereocenters. The topological polar surface area (TPSA) is 41.5 Å². The molecular formula is C11H19NO2S. The summed E-state index contributed by atoms with van der Waals surface area (Å²) in [5.74, 6) is 0. The fourth-order valence-corrected chi connectivity index (χ4v) is 2.02. The average Bonchev–Trinajstić information content (AvgIpc) is 2.76. The van der Waals surface area contributed by atoms with E-state index in [0.29, 0.717) is 6.54 Å². The maximum atomic E-state index is 9.73. The van der Waals surface area contributed by atoms with Crippen LogP contribution >= 0.6 is 11.3 Å². The maximum absolute atomic E-state index is 9.73. The Balaban J connectivity index is 2.00. The van der Waals surface area contributed by atoms with Gasteiger partial charge in [-0.05, 0) is 41.8 Å². The largest absolute Gasteiger partial charge is 0.387 e. The predicted molar refractivity (Wildman–Crippen MR) is 63.3 cm³/mol. The molecule has 0 aliphatic rings. The molecule has 86 valence electrons. The summed E-state index contributed by atoms with van der Waals surface area (Å²) in [6.07, 6.45) is 1.78. The summed E-state index contributed by atoms with van der Waals surface area (Å²) in [6.45, 7) is 2.38. The first-order chi connectivity index (χ1) is 7.34. The quantitative estimate of drug-likeness (QED) is 0.668. The first-order valence-corrected chi connectivity index (χ1v) is 6.18. The second kappa shape index (κ2) is 7.82. The molecule has 15 heavy (non-hydrogen) atoms. The lowest BCUT2D eigenvalue weighted by Crippen LogP contribution is -2.22. The minimum absolute atomic E-state index is 0.376. The highest BCUT2D eigenvalue weighted by molar-refractivity contribution is 7.07. The highest BCUT2D eigenvalue weighted by Gasteiger charge is 2.06. The molecule has 0 bridgehead atoms. The van der Waals surface area contributed by atoms with Crippen molar-refractivity contribution < 1.29 is 9.84 Å². The van der Waals surface area contributed by atoms with Crippen molar-refractivity contribution in [3.63, 3.8) is 0 Å². The zero-order valence-corrected chi connectivity index (χ0v) is 9.93. The third-order valence-corrected chi connectivity index (χ3v) is 2.92. The van der Waals surface area contributed by atoms with Gasteiger partial charge in [-0.2, -0.15) is 11.3 Å². The Morgan fingerprint density at radius 2 is 2.40 bits per heavy atom. The summed E-state index contributed by atoms with van der Waals surface area (Å²) in [6, 6.07) is 1.96. The van der Waals surface area contributed by atoms with Crippen molar-refractivity contribution in [2.24, 2.45) is 0 Å². The number of unbranched alkanes of at least 4 members (excludes halogenated alkanes) is 1. The van der Waals surface area contributed by atoms with E-state index in [1.165, 1.54) is 0 Å². The lowest BCUT2D eigenvalue weighted by Gasteiger charge is -2.10. The van der Waals surface area contributed by atoms with Crippen LogP contribution in [0.3, 0.4) is 0 Å². The van der Waals surface area contributed by atoms with Crippen LogP contribution in [0.4, 0.5) is 0 Å². The molecule has 3 nitrogen and oxygen atoms in total. The molecule has 1 rings (SSSR count). The minimum atomic E-state index is -0.376. The number of aliphatic hydroxyl groups is 1. The number of hydrogen-bond acceptors (Lipinski definition) is 4. The van der Waals surface area contributed by atoms with E-state index in [1.807, 2.05) is 16.8 Å². The number of methoxy groups -OCH3 is 1. The third kappa shape index (κ3) is 5.28. The van der Waals surface area contributed by atoms with Gasteiger partial charge in [0, 0.05) is 20.3 Å². The fourth-order valence-electron chi connectivity index (χ4n) is 1.32. The van der Waals surface area contributed by atoms with E-state index in [2.05, 4.69) is 5.32 Å². The van der Waals surface area contributed by atoms with Gasteiger partial charge in [0.15, 0.2) is 0 Å². The van der Waals surface area contributed by atoms with Crippen LogP contribution < -0.4 is 5.32 Å². The van der Waals surface area contributed by atoms with Crippen molar-refractivity contribution >= 4 is 11.3 Å². The van der Waals surface area contributed by atoms with E-state index in [9.17, 15) is 5.11 Å². The maximum Gasteiger partial charge on any atom is 0.0922 e. The van der Waals surface area contributed by atoms with Crippen molar-refractivity contribution in [2.45, 2.75) is 18.9 Å². The highest BCUT2D eigenvalue weighted by atomic mass is 32.1. The Kier molecular flexibility index (Phi) is 6.59. The molecule has 1 atom stereocenters. The van der Waals surface area contributed by atoms with Gasteiger partial charge in [-0.25, -0.2) is 0 Å². The van der Waals surface area contributed by atoms with Crippen molar-refractivity contribution in [1.82, 2.24) is 5.32 Å². The zero-order chi connectivity index (χ0) is 10.9. The second-order valence-electron chi connectivity index (χ2n) is 3.48. The van der Waals surface area contributed by atoms with Crippen LogP contribution in [0.25, 0.3) is 0 Å². The van der Waals surface area contributed by atoms with E-state index < -0.39 is 0 Å². The van der Waals surface area contributed by atoms with Crippen LogP contribution in [0.15, 0.2) is 16.8 Å². The van der Waals surface area contributed by atoms with Crippen LogP contribution in [0.2, 0.25) is 0 Å².